The molecule has 0 radical (unpaired) electrons. The molecule has 1 aromatic carbocycles. The first-order valence-corrected chi connectivity index (χ1v) is 6.14. The predicted molar refractivity (Wildman–Crippen MR) is 69.3 cm³/mol. The third kappa shape index (κ3) is 1.91. The van der Waals surface area contributed by atoms with Gasteiger partial charge in [-0.15, -0.1) is 0 Å². The van der Waals surface area contributed by atoms with Crippen LogP contribution in [0.25, 0.3) is 10.9 Å². The lowest BCUT2D eigenvalue weighted by Crippen LogP contribution is -2.14. The van der Waals surface area contributed by atoms with Crippen molar-refractivity contribution < 1.29 is 4.74 Å². The summed E-state index contributed by atoms with van der Waals surface area (Å²) in [7, 11) is 3.80. The minimum Gasteiger partial charge on any atom is -0.495 e. The molecule has 1 N–H and O–H groups in total. The molecule has 1 fully saturated rings. The van der Waals surface area contributed by atoms with Gasteiger partial charge in [-0.05, 0) is 24.5 Å². The van der Waals surface area contributed by atoms with Crippen molar-refractivity contribution in [2.45, 2.75) is 25.4 Å². The van der Waals surface area contributed by atoms with Crippen molar-refractivity contribution in [2.24, 2.45) is 7.05 Å². The van der Waals surface area contributed by atoms with Crippen LogP contribution in [0.15, 0.2) is 24.4 Å². The molecule has 1 heterocycles. The summed E-state index contributed by atoms with van der Waals surface area (Å²) in [6, 6.07) is 6.99. The second kappa shape index (κ2) is 4.08. The van der Waals surface area contributed by atoms with Crippen molar-refractivity contribution in [3.8, 4) is 5.75 Å². The second-order valence-electron chi connectivity index (χ2n) is 4.78. The number of ether oxygens (including phenoxy) is 1. The molecule has 0 saturated heterocycles. The summed E-state index contributed by atoms with van der Waals surface area (Å²) >= 11 is 0. The summed E-state index contributed by atoms with van der Waals surface area (Å²) in [5, 5.41) is 4.85. The monoisotopic (exact) mass is 230 g/mol. The summed E-state index contributed by atoms with van der Waals surface area (Å²) in [6.07, 6.45) is 4.85. The van der Waals surface area contributed by atoms with Gasteiger partial charge in [-0.1, -0.05) is 12.1 Å². The van der Waals surface area contributed by atoms with E-state index in [-0.39, 0.29) is 0 Å². The Morgan fingerprint density at radius 1 is 1.41 bits per heavy atom. The smallest absolute Gasteiger partial charge is 0.143 e. The number of aromatic nitrogens is 1. The molecule has 1 aliphatic rings. The number of aryl methyl sites for hydroxylation is 1. The van der Waals surface area contributed by atoms with Crippen LogP contribution in [0.2, 0.25) is 0 Å². The number of para-hydroxylation sites is 1. The van der Waals surface area contributed by atoms with Crippen LogP contribution in [0.1, 0.15) is 18.4 Å². The van der Waals surface area contributed by atoms with Crippen LogP contribution >= 0.6 is 0 Å². The zero-order valence-corrected chi connectivity index (χ0v) is 10.4. The van der Waals surface area contributed by atoms with E-state index in [2.05, 4.69) is 35.3 Å². The summed E-state index contributed by atoms with van der Waals surface area (Å²) in [5.74, 6) is 0.947. The van der Waals surface area contributed by atoms with Crippen molar-refractivity contribution in [2.75, 3.05) is 7.11 Å². The lowest BCUT2D eigenvalue weighted by atomic mass is 10.1. The average Bonchev–Trinajstić information content (AvgIpc) is 3.12. The van der Waals surface area contributed by atoms with E-state index in [1.165, 1.54) is 29.3 Å². The highest BCUT2D eigenvalue weighted by atomic mass is 16.5. The van der Waals surface area contributed by atoms with Crippen molar-refractivity contribution >= 4 is 10.9 Å². The Kier molecular flexibility index (Phi) is 2.56. The number of hydrogen-bond acceptors (Lipinski definition) is 2. The fourth-order valence-electron chi connectivity index (χ4n) is 2.36. The van der Waals surface area contributed by atoms with Crippen LogP contribution in [0, 0.1) is 0 Å². The number of hydrogen-bond donors (Lipinski definition) is 1. The van der Waals surface area contributed by atoms with Gasteiger partial charge in [0.05, 0.1) is 12.6 Å². The highest BCUT2D eigenvalue weighted by Gasteiger charge is 2.21. The Morgan fingerprint density at radius 3 is 2.94 bits per heavy atom. The minimum absolute atomic E-state index is 0.746. The predicted octanol–water partition coefficient (Wildman–Crippen LogP) is 2.44. The van der Waals surface area contributed by atoms with Crippen LogP contribution in [0.3, 0.4) is 0 Å². The molecule has 0 atom stereocenters. The molecule has 0 amide bonds. The van der Waals surface area contributed by atoms with Crippen LogP contribution in [-0.4, -0.2) is 17.7 Å². The molecule has 1 saturated carbocycles. The van der Waals surface area contributed by atoms with Crippen LogP contribution in [0.4, 0.5) is 0 Å². The number of nitrogens with zero attached hydrogens (tertiary/aromatic N) is 1. The first-order chi connectivity index (χ1) is 8.29. The van der Waals surface area contributed by atoms with Gasteiger partial charge in [-0.2, -0.15) is 0 Å². The second-order valence-corrected chi connectivity index (χ2v) is 4.78. The normalized spacial score (nSPS) is 15.4. The molecule has 90 valence electrons. The third-order valence-electron chi connectivity index (χ3n) is 3.43. The van der Waals surface area contributed by atoms with E-state index >= 15 is 0 Å². The molecular formula is C14H18N2O. The molecule has 3 heteroatoms. The molecular weight excluding hydrogens is 212 g/mol. The Balaban J connectivity index is 2.00. The van der Waals surface area contributed by atoms with E-state index in [0.717, 1.165) is 18.3 Å². The van der Waals surface area contributed by atoms with Gasteiger partial charge in [-0.25, -0.2) is 0 Å². The minimum atomic E-state index is 0.746. The van der Waals surface area contributed by atoms with Gasteiger partial charge < -0.3 is 14.6 Å². The van der Waals surface area contributed by atoms with Crippen molar-refractivity contribution in [3.05, 3.63) is 30.0 Å². The van der Waals surface area contributed by atoms with Crippen molar-refractivity contribution in [1.29, 1.82) is 0 Å². The molecule has 3 rings (SSSR count). The molecule has 1 aliphatic carbocycles. The number of rotatable bonds is 4. The van der Waals surface area contributed by atoms with E-state index in [9.17, 15) is 0 Å². The van der Waals surface area contributed by atoms with E-state index in [0.29, 0.717) is 0 Å². The number of benzene rings is 1. The van der Waals surface area contributed by atoms with Gasteiger partial charge in [0.2, 0.25) is 0 Å². The zero-order chi connectivity index (χ0) is 11.8. The van der Waals surface area contributed by atoms with E-state index in [1.807, 2.05) is 6.07 Å². The van der Waals surface area contributed by atoms with E-state index < -0.39 is 0 Å². The van der Waals surface area contributed by atoms with Crippen LogP contribution in [-0.2, 0) is 13.6 Å². The Morgan fingerprint density at radius 2 is 2.24 bits per heavy atom. The Bertz CT molecular complexity index is 540. The topological polar surface area (TPSA) is 26.2 Å². The molecule has 0 unspecified atom stereocenters. The maximum absolute atomic E-state index is 5.42. The standard InChI is InChI=1S/C14H18N2O/c1-16-9-10(8-15-11-6-7-11)12-4-3-5-13(17-2)14(12)16/h3-5,9,11,15H,6-8H2,1-2H3. The number of fused-ring (bicyclic) bond motifs is 1. The van der Waals surface area contributed by atoms with E-state index in [4.69, 9.17) is 4.74 Å². The van der Waals surface area contributed by atoms with Crippen molar-refractivity contribution in [1.82, 2.24) is 9.88 Å². The van der Waals surface area contributed by atoms with Gasteiger partial charge >= 0.3 is 0 Å². The van der Waals surface area contributed by atoms with Crippen LogP contribution < -0.4 is 10.1 Å². The molecule has 1 aromatic heterocycles. The average molecular weight is 230 g/mol. The van der Waals surface area contributed by atoms with Gasteiger partial charge in [0.15, 0.2) is 0 Å². The fraction of sp³-hybridized carbons (Fsp3) is 0.429. The third-order valence-corrected chi connectivity index (χ3v) is 3.43. The molecule has 0 aliphatic heterocycles. The van der Waals surface area contributed by atoms with Crippen molar-refractivity contribution in [3.63, 3.8) is 0 Å². The number of nitrogens with one attached hydrogen (secondary N) is 1. The molecule has 17 heavy (non-hydrogen) atoms. The summed E-state index contributed by atoms with van der Waals surface area (Å²) in [6.45, 7) is 0.954. The fourth-order valence-corrected chi connectivity index (χ4v) is 2.36. The number of methoxy groups -OCH3 is 1. The molecule has 0 bridgehead atoms. The lowest BCUT2D eigenvalue weighted by molar-refractivity contribution is 0.418. The Labute approximate surface area is 101 Å². The highest BCUT2D eigenvalue weighted by molar-refractivity contribution is 5.89. The van der Waals surface area contributed by atoms with E-state index in [1.54, 1.807) is 7.11 Å². The summed E-state index contributed by atoms with van der Waals surface area (Å²) in [4.78, 5) is 0. The highest BCUT2D eigenvalue weighted by Crippen LogP contribution is 2.29. The summed E-state index contributed by atoms with van der Waals surface area (Å²) < 4.78 is 7.57. The molecule has 0 spiro atoms. The van der Waals surface area contributed by atoms with Gasteiger partial charge in [0, 0.05) is 31.2 Å². The zero-order valence-electron chi connectivity index (χ0n) is 10.4. The maximum Gasteiger partial charge on any atom is 0.143 e. The summed E-state index contributed by atoms with van der Waals surface area (Å²) in [5.41, 5.74) is 2.54. The van der Waals surface area contributed by atoms with Gasteiger partial charge in [-0.3, -0.25) is 0 Å². The largest absolute Gasteiger partial charge is 0.495 e. The molecule has 2 aromatic rings. The lowest BCUT2D eigenvalue weighted by Gasteiger charge is -2.04. The Hall–Kier alpha value is -1.48. The maximum atomic E-state index is 5.42. The van der Waals surface area contributed by atoms with Crippen LogP contribution in [0.5, 0.6) is 5.75 Å². The van der Waals surface area contributed by atoms with Gasteiger partial charge in [0.25, 0.3) is 0 Å². The molecule has 3 nitrogen and oxygen atoms in total. The first-order valence-electron chi connectivity index (χ1n) is 6.14. The SMILES string of the molecule is COc1cccc2c(CNC3CC3)cn(C)c12. The first kappa shape index (κ1) is 10.7. The van der Waals surface area contributed by atoms with Gasteiger partial charge in [0.1, 0.15) is 5.75 Å². The quantitative estimate of drug-likeness (QED) is 0.873.